The van der Waals surface area contributed by atoms with E-state index >= 15 is 0 Å². The Labute approximate surface area is 72.9 Å². The van der Waals surface area contributed by atoms with E-state index in [1.54, 1.807) is 0 Å². The van der Waals surface area contributed by atoms with Gasteiger partial charge in [-0.25, -0.2) is 0 Å². The molecule has 0 N–H and O–H groups in total. The third kappa shape index (κ3) is 1.43. The van der Waals surface area contributed by atoms with Crippen LogP contribution in [0, 0.1) is 5.41 Å². The fourth-order valence-electron chi connectivity index (χ4n) is 1.44. The van der Waals surface area contributed by atoms with E-state index in [1.165, 1.54) is 12.8 Å². The molecule has 1 aliphatic rings. The lowest BCUT2D eigenvalue weighted by Crippen LogP contribution is -2.37. The van der Waals surface area contributed by atoms with Gasteiger partial charge in [0.2, 0.25) is 0 Å². The van der Waals surface area contributed by atoms with Gasteiger partial charge in [0.1, 0.15) is 4.33 Å². The van der Waals surface area contributed by atoms with E-state index in [1.807, 2.05) is 0 Å². The van der Waals surface area contributed by atoms with Crippen LogP contribution in [0.1, 0.15) is 39.5 Å². The number of hydrogen-bond donors (Lipinski definition) is 0. The van der Waals surface area contributed by atoms with E-state index in [4.69, 9.17) is 23.2 Å². The zero-order chi connectivity index (χ0) is 7.83. The Morgan fingerprint density at radius 1 is 1.00 bits per heavy atom. The molecule has 1 fully saturated rings. The quantitative estimate of drug-likeness (QED) is 0.499. The summed E-state index contributed by atoms with van der Waals surface area (Å²) < 4.78 is -0.481. The molecule has 1 aliphatic carbocycles. The molecule has 0 aromatic carbocycles. The molecule has 0 atom stereocenters. The minimum absolute atomic E-state index is 0.106. The van der Waals surface area contributed by atoms with Crippen LogP contribution in [0.15, 0.2) is 0 Å². The van der Waals surface area contributed by atoms with Crippen molar-refractivity contribution in [3.63, 3.8) is 0 Å². The van der Waals surface area contributed by atoms with Crippen LogP contribution >= 0.6 is 23.2 Å². The molecule has 0 spiro atoms. The number of halogens is 2. The molecule has 10 heavy (non-hydrogen) atoms. The first kappa shape index (κ1) is 8.67. The second kappa shape index (κ2) is 2.57. The monoisotopic (exact) mass is 180 g/mol. The van der Waals surface area contributed by atoms with Gasteiger partial charge in [0.25, 0.3) is 0 Å². The minimum atomic E-state index is -0.481. The normalized spacial score (nSPS) is 30.0. The first-order valence-electron chi connectivity index (χ1n) is 3.84. The van der Waals surface area contributed by atoms with Crippen LogP contribution in [-0.4, -0.2) is 4.33 Å². The van der Waals surface area contributed by atoms with Crippen LogP contribution < -0.4 is 0 Å². The highest BCUT2D eigenvalue weighted by Gasteiger charge is 2.43. The van der Waals surface area contributed by atoms with Crippen molar-refractivity contribution < 1.29 is 0 Å². The van der Waals surface area contributed by atoms with E-state index in [9.17, 15) is 0 Å². The molecule has 1 saturated carbocycles. The molecule has 0 aromatic heterocycles. The third-order valence-corrected chi connectivity index (χ3v) is 3.93. The van der Waals surface area contributed by atoms with Gasteiger partial charge in [0.15, 0.2) is 0 Å². The fraction of sp³-hybridized carbons (Fsp3) is 1.00. The van der Waals surface area contributed by atoms with Crippen LogP contribution in [-0.2, 0) is 0 Å². The van der Waals surface area contributed by atoms with Crippen LogP contribution in [0.2, 0.25) is 0 Å². The molecule has 0 bridgehead atoms. The van der Waals surface area contributed by atoms with Crippen molar-refractivity contribution in [3.8, 4) is 0 Å². The third-order valence-electron chi connectivity index (χ3n) is 2.53. The summed E-state index contributed by atoms with van der Waals surface area (Å²) in [6, 6.07) is 0. The molecule has 60 valence electrons. The molecule has 0 unspecified atom stereocenters. The van der Waals surface area contributed by atoms with Gasteiger partial charge in [-0.05, 0) is 18.3 Å². The average molecular weight is 181 g/mol. The highest BCUT2D eigenvalue weighted by molar-refractivity contribution is 6.48. The van der Waals surface area contributed by atoms with E-state index in [2.05, 4.69) is 13.8 Å². The number of rotatable bonds is 0. The smallest absolute Gasteiger partial charge is 0.101 e. The van der Waals surface area contributed by atoms with Gasteiger partial charge in [-0.1, -0.05) is 26.7 Å². The SMILES string of the molecule is CC1(C)CCCCC1(Cl)Cl. The lowest BCUT2D eigenvalue weighted by molar-refractivity contribution is 0.225. The second-order valence-electron chi connectivity index (χ2n) is 3.80. The Kier molecular flexibility index (Phi) is 2.23. The van der Waals surface area contributed by atoms with Crippen LogP contribution in [0.25, 0.3) is 0 Å². The Bertz CT molecular complexity index is 111. The molecule has 0 saturated heterocycles. The maximum atomic E-state index is 6.13. The molecular formula is C8H14Cl2. The topological polar surface area (TPSA) is 0 Å². The van der Waals surface area contributed by atoms with Crippen LogP contribution in [0.5, 0.6) is 0 Å². The van der Waals surface area contributed by atoms with Crippen LogP contribution in [0.3, 0.4) is 0 Å². The molecule has 1 rings (SSSR count). The number of alkyl halides is 2. The van der Waals surface area contributed by atoms with Crippen molar-refractivity contribution in [2.75, 3.05) is 0 Å². The Morgan fingerprint density at radius 2 is 1.50 bits per heavy atom. The Hall–Kier alpha value is 0.580. The summed E-state index contributed by atoms with van der Waals surface area (Å²) in [7, 11) is 0. The van der Waals surface area contributed by atoms with Crippen molar-refractivity contribution in [1.29, 1.82) is 0 Å². The Morgan fingerprint density at radius 3 is 1.80 bits per heavy atom. The summed E-state index contributed by atoms with van der Waals surface area (Å²) in [4.78, 5) is 0. The van der Waals surface area contributed by atoms with Crippen molar-refractivity contribution in [3.05, 3.63) is 0 Å². The zero-order valence-corrected chi connectivity index (χ0v) is 8.10. The summed E-state index contributed by atoms with van der Waals surface area (Å²) in [6.07, 6.45) is 4.55. The van der Waals surface area contributed by atoms with Gasteiger partial charge in [-0.2, -0.15) is 0 Å². The molecule has 0 aliphatic heterocycles. The largest absolute Gasteiger partial charge is 0.123 e. The van der Waals surface area contributed by atoms with E-state index in [0.717, 1.165) is 12.8 Å². The predicted octanol–water partition coefficient (Wildman–Crippen LogP) is 3.76. The maximum Gasteiger partial charge on any atom is 0.123 e. The first-order chi connectivity index (χ1) is 4.46. The van der Waals surface area contributed by atoms with E-state index < -0.39 is 4.33 Å². The molecule has 0 aromatic rings. The molecule has 0 heterocycles. The van der Waals surface area contributed by atoms with Gasteiger partial charge in [-0.15, -0.1) is 23.2 Å². The van der Waals surface area contributed by atoms with Gasteiger partial charge in [0.05, 0.1) is 0 Å². The minimum Gasteiger partial charge on any atom is -0.101 e. The molecular weight excluding hydrogens is 167 g/mol. The molecule has 0 nitrogen and oxygen atoms in total. The highest BCUT2D eigenvalue weighted by atomic mass is 35.5. The molecule has 0 radical (unpaired) electrons. The van der Waals surface area contributed by atoms with Gasteiger partial charge in [0, 0.05) is 0 Å². The summed E-state index contributed by atoms with van der Waals surface area (Å²) >= 11 is 12.3. The Balaban J connectivity index is 2.70. The predicted molar refractivity (Wildman–Crippen MR) is 46.7 cm³/mol. The van der Waals surface area contributed by atoms with Gasteiger partial charge in [-0.3, -0.25) is 0 Å². The summed E-state index contributed by atoms with van der Waals surface area (Å²) in [5.41, 5.74) is 0.106. The van der Waals surface area contributed by atoms with Crippen molar-refractivity contribution in [2.24, 2.45) is 5.41 Å². The van der Waals surface area contributed by atoms with Crippen molar-refractivity contribution >= 4 is 23.2 Å². The summed E-state index contributed by atoms with van der Waals surface area (Å²) in [6.45, 7) is 4.29. The van der Waals surface area contributed by atoms with Crippen LogP contribution in [0.4, 0.5) is 0 Å². The molecule has 2 heteroatoms. The van der Waals surface area contributed by atoms with Crippen molar-refractivity contribution in [2.45, 2.75) is 43.9 Å². The summed E-state index contributed by atoms with van der Waals surface area (Å²) in [5.74, 6) is 0. The second-order valence-corrected chi connectivity index (χ2v) is 5.28. The fourth-order valence-corrected chi connectivity index (χ4v) is 1.89. The number of hydrogen-bond acceptors (Lipinski definition) is 0. The van der Waals surface area contributed by atoms with Crippen molar-refractivity contribution in [1.82, 2.24) is 0 Å². The lowest BCUT2D eigenvalue weighted by atomic mass is 9.76. The van der Waals surface area contributed by atoms with E-state index in [-0.39, 0.29) is 5.41 Å². The molecule has 0 amide bonds. The first-order valence-corrected chi connectivity index (χ1v) is 4.59. The summed E-state index contributed by atoms with van der Waals surface area (Å²) in [5, 5.41) is 0. The zero-order valence-electron chi connectivity index (χ0n) is 6.58. The maximum absolute atomic E-state index is 6.13. The average Bonchev–Trinajstić information content (AvgIpc) is 1.77. The lowest BCUT2D eigenvalue weighted by Gasteiger charge is -2.41. The van der Waals surface area contributed by atoms with Gasteiger partial charge < -0.3 is 0 Å². The highest BCUT2D eigenvalue weighted by Crippen LogP contribution is 2.50. The van der Waals surface area contributed by atoms with Gasteiger partial charge >= 0.3 is 0 Å². The standard InChI is InChI=1S/C8H14Cl2/c1-7(2)5-3-4-6-8(7,9)10/h3-6H2,1-2H3. The van der Waals surface area contributed by atoms with E-state index in [0.29, 0.717) is 0 Å².